The van der Waals surface area contributed by atoms with Crippen LogP contribution in [0.4, 0.5) is 5.82 Å². The van der Waals surface area contributed by atoms with Crippen LogP contribution in [0.1, 0.15) is 0 Å². The van der Waals surface area contributed by atoms with Crippen LogP contribution in [-0.4, -0.2) is 23.0 Å². The molecule has 1 rings (SSSR count). The van der Waals surface area contributed by atoms with Gasteiger partial charge in [0.05, 0.1) is 0 Å². The molecule has 0 fully saturated rings. The second-order valence-corrected chi connectivity index (χ2v) is 2.23. The molecule has 1 aromatic heterocycles. The van der Waals surface area contributed by atoms with Gasteiger partial charge in [0.15, 0.2) is 0 Å². The van der Waals surface area contributed by atoms with Crippen molar-refractivity contribution in [3.63, 3.8) is 0 Å². The van der Waals surface area contributed by atoms with E-state index in [4.69, 9.17) is 0 Å². The molecule has 0 aliphatic carbocycles. The molecule has 10 heavy (non-hydrogen) atoms. The van der Waals surface area contributed by atoms with Gasteiger partial charge in [-0.05, 0) is 0 Å². The van der Waals surface area contributed by atoms with Crippen molar-refractivity contribution in [2.24, 2.45) is 7.05 Å². The van der Waals surface area contributed by atoms with Crippen LogP contribution in [0.25, 0.3) is 5.43 Å². The summed E-state index contributed by atoms with van der Waals surface area (Å²) in [6.45, 7) is 3.61. The Morgan fingerprint density at radius 3 is 2.80 bits per heavy atom. The maximum absolute atomic E-state index is 4.10. The van der Waals surface area contributed by atoms with Crippen molar-refractivity contribution in [1.82, 2.24) is 4.57 Å². The molecule has 0 bridgehead atoms. The lowest BCUT2D eigenvalue weighted by Gasteiger charge is -2.08. The molecule has 3 heteroatoms. The first kappa shape index (κ1) is 6.86. The first-order valence-corrected chi connectivity index (χ1v) is 3.07. The minimum absolute atomic E-state index is 0.914. The molecule has 0 saturated carbocycles. The summed E-state index contributed by atoms with van der Waals surface area (Å²) in [6, 6.07) is 3.88. The Kier molecular flexibility index (Phi) is 1.76. The lowest BCUT2D eigenvalue weighted by atomic mass is 10.6. The Morgan fingerprint density at radius 2 is 2.40 bits per heavy atom. The molecule has 0 radical (unpaired) electrons. The molecular formula is C7H11N3. The van der Waals surface area contributed by atoms with Gasteiger partial charge in [0.1, 0.15) is 13.8 Å². The molecule has 0 atom stereocenters. The van der Waals surface area contributed by atoms with Gasteiger partial charge in [0, 0.05) is 5.82 Å². The molecule has 1 heterocycles. The molecule has 0 unspecified atom stereocenters. The van der Waals surface area contributed by atoms with Gasteiger partial charge in [0.2, 0.25) is 0 Å². The van der Waals surface area contributed by atoms with E-state index in [-0.39, 0.29) is 0 Å². The van der Waals surface area contributed by atoms with E-state index in [1.165, 1.54) is 4.68 Å². The largest absolute Gasteiger partial charge is 0.448 e. The number of aromatic nitrogens is 1. The van der Waals surface area contributed by atoms with Gasteiger partial charge in [-0.2, -0.15) is 4.68 Å². The predicted molar refractivity (Wildman–Crippen MR) is 41.7 cm³/mol. The van der Waals surface area contributed by atoms with Crippen LogP contribution in [0.3, 0.4) is 0 Å². The molecule has 0 aliphatic heterocycles. The fraction of sp³-hybridized carbons (Fsp3) is 0.286. The standard InChI is InChI=1S/C7H11N3/c1-9(2)8-7-5-4-6-10(7)3/h4-6H,1H2,2-3H3. The third-order valence-corrected chi connectivity index (χ3v) is 1.19. The van der Waals surface area contributed by atoms with Crippen LogP contribution in [-0.2, 0) is 7.05 Å². The van der Waals surface area contributed by atoms with Crippen molar-refractivity contribution in [1.29, 1.82) is 0 Å². The number of hydrogen-bond donors (Lipinski definition) is 0. The number of rotatable bonds is 2. The fourth-order valence-corrected chi connectivity index (χ4v) is 0.731. The van der Waals surface area contributed by atoms with Crippen LogP contribution in [0.2, 0.25) is 0 Å². The third kappa shape index (κ3) is 1.37. The summed E-state index contributed by atoms with van der Waals surface area (Å²) in [5.41, 5.74) is 4.10. The molecule has 0 N–H and O–H groups in total. The van der Waals surface area contributed by atoms with E-state index in [0.717, 1.165) is 5.82 Å². The molecule has 54 valence electrons. The Bertz CT molecular complexity index is 237. The summed E-state index contributed by atoms with van der Waals surface area (Å²) in [4.78, 5) is 0. The quantitative estimate of drug-likeness (QED) is 0.333. The van der Waals surface area contributed by atoms with E-state index in [9.17, 15) is 0 Å². The topological polar surface area (TPSA) is 22.0 Å². The van der Waals surface area contributed by atoms with Crippen molar-refractivity contribution < 1.29 is 4.68 Å². The van der Waals surface area contributed by atoms with Crippen LogP contribution in [0.5, 0.6) is 0 Å². The van der Waals surface area contributed by atoms with Crippen LogP contribution in [0.15, 0.2) is 18.3 Å². The van der Waals surface area contributed by atoms with Gasteiger partial charge < -0.3 is 4.57 Å². The Labute approximate surface area is 60.6 Å². The molecule has 0 saturated heterocycles. The molecule has 3 nitrogen and oxygen atoms in total. The number of nitrogens with zero attached hydrogens (tertiary/aromatic N) is 3. The van der Waals surface area contributed by atoms with E-state index in [0.29, 0.717) is 0 Å². The normalized spacial score (nSPS) is 9.40. The van der Waals surface area contributed by atoms with Gasteiger partial charge in [-0.1, -0.05) is 25.4 Å². The van der Waals surface area contributed by atoms with E-state index < -0.39 is 0 Å². The molecule has 1 aromatic rings. The summed E-state index contributed by atoms with van der Waals surface area (Å²) >= 11 is 0. The minimum Gasteiger partial charge on any atom is -0.448 e. The average molecular weight is 137 g/mol. The van der Waals surface area contributed by atoms with Crippen LogP contribution < -0.4 is 0 Å². The Balaban J connectivity index is 2.74. The van der Waals surface area contributed by atoms with E-state index in [2.05, 4.69) is 12.1 Å². The zero-order chi connectivity index (χ0) is 7.56. The molecular weight excluding hydrogens is 126 g/mol. The highest BCUT2D eigenvalue weighted by Gasteiger charge is 1.87. The van der Waals surface area contributed by atoms with Crippen molar-refractivity contribution in [3.8, 4) is 0 Å². The van der Waals surface area contributed by atoms with E-state index in [1.54, 1.807) is 7.05 Å². The molecule has 0 aliphatic rings. The first-order valence-electron chi connectivity index (χ1n) is 3.07. The Hall–Kier alpha value is -1.25. The maximum atomic E-state index is 4.10. The molecule has 0 spiro atoms. The second kappa shape index (κ2) is 2.56. The lowest BCUT2D eigenvalue weighted by molar-refractivity contribution is -0.428. The highest BCUT2D eigenvalue weighted by atomic mass is 15.4. The Morgan fingerprint density at radius 1 is 1.70 bits per heavy atom. The summed E-state index contributed by atoms with van der Waals surface area (Å²) in [6.07, 6.45) is 1.95. The summed E-state index contributed by atoms with van der Waals surface area (Å²) in [7, 11) is 3.75. The van der Waals surface area contributed by atoms with Crippen molar-refractivity contribution >= 4 is 12.5 Å². The van der Waals surface area contributed by atoms with Gasteiger partial charge in [-0.15, -0.1) is 0 Å². The van der Waals surface area contributed by atoms with Crippen molar-refractivity contribution in [2.45, 2.75) is 0 Å². The summed E-state index contributed by atoms with van der Waals surface area (Å²) < 4.78 is 3.47. The molecule has 0 aromatic carbocycles. The van der Waals surface area contributed by atoms with E-state index >= 15 is 0 Å². The molecule has 0 amide bonds. The zero-order valence-electron chi connectivity index (χ0n) is 6.28. The van der Waals surface area contributed by atoms with Crippen molar-refractivity contribution in [3.05, 3.63) is 23.8 Å². The van der Waals surface area contributed by atoms with Gasteiger partial charge >= 0.3 is 0 Å². The monoisotopic (exact) mass is 137 g/mol. The highest BCUT2D eigenvalue weighted by Crippen LogP contribution is 2.15. The summed E-state index contributed by atoms with van der Waals surface area (Å²) in [5, 5.41) is 0. The lowest BCUT2D eigenvalue weighted by Crippen LogP contribution is -1.94. The van der Waals surface area contributed by atoms with Crippen LogP contribution >= 0.6 is 0 Å². The van der Waals surface area contributed by atoms with Gasteiger partial charge in [-0.3, -0.25) is 0 Å². The third-order valence-electron chi connectivity index (χ3n) is 1.19. The summed E-state index contributed by atoms with van der Waals surface area (Å²) in [5.74, 6) is 0.914. The van der Waals surface area contributed by atoms with E-state index in [1.807, 2.05) is 29.9 Å². The second-order valence-electron chi connectivity index (χ2n) is 2.23. The smallest absolute Gasteiger partial charge is 0.145 e. The minimum atomic E-state index is 0.914. The fourth-order valence-electron chi connectivity index (χ4n) is 0.731. The SMILES string of the molecule is C=[N+](C)[N-]c1cccn1C. The number of aryl methyl sites for hydroxylation is 1. The zero-order valence-corrected chi connectivity index (χ0v) is 6.28. The van der Waals surface area contributed by atoms with Crippen molar-refractivity contribution in [2.75, 3.05) is 7.05 Å². The van der Waals surface area contributed by atoms with Gasteiger partial charge in [-0.25, -0.2) is 5.43 Å². The number of hydrogen-bond acceptors (Lipinski definition) is 0. The highest BCUT2D eigenvalue weighted by molar-refractivity contribution is 5.38. The maximum Gasteiger partial charge on any atom is 0.145 e. The first-order chi connectivity index (χ1) is 4.70. The van der Waals surface area contributed by atoms with Gasteiger partial charge in [0.25, 0.3) is 0 Å². The predicted octanol–water partition coefficient (Wildman–Crippen LogP) is 1.29. The van der Waals surface area contributed by atoms with Crippen LogP contribution in [0, 0.1) is 0 Å². The average Bonchev–Trinajstić information content (AvgIpc) is 2.15.